The molecule has 0 bridgehead atoms. The Hall–Kier alpha value is -2.29. The van der Waals surface area contributed by atoms with Gasteiger partial charge in [0, 0.05) is 38.2 Å². The Balaban J connectivity index is 1.84. The van der Waals surface area contributed by atoms with Crippen LogP contribution in [0.25, 0.3) is 0 Å². The molecule has 22 heavy (non-hydrogen) atoms. The summed E-state index contributed by atoms with van der Waals surface area (Å²) in [6, 6.07) is 5.35. The fourth-order valence-corrected chi connectivity index (χ4v) is 2.22. The predicted molar refractivity (Wildman–Crippen MR) is 80.4 cm³/mol. The molecule has 0 unspecified atom stereocenters. The maximum Gasteiger partial charge on any atom is 0.410 e. The van der Waals surface area contributed by atoms with Gasteiger partial charge < -0.3 is 14.4 Å². The first kappa shape index (κ1) is 16.1. The maximum atomic E-state index is 12.0. The Morgan fingerprint density at radius 1 is 1.41 bits per heavy atom. The van der Waals surface area contributed by atoms with Crippen molar-refractivity contribution in [1.82, 2.24) is 9.88 Å². The van der Waals surface area contributed by atoms with Gasteiger partial charge in [-0.25, -0.2) is 9.78 Å². The molecule has 2 heterocycles. The molecule has 1 amide bonds. The van der Waals surface area contributed by atoms with Crippen LogP contribution >= 0.6 is 0 Å². The number of ether oxygens (including phenoxy) is 2. The highest BCUT2D eigenvalue weighted by molar-refractivity contribution is 5.68. The van der Waals surface area contributed by atoms with E-state index >= 15 is 0 Å². The molecule has 0 N–H and O–H groups in total. The van der Waals surface area contributed by atoms with E-state index in [-0.39, 0.29) is 12.2 Å². The summed E-state index contributed by atoms with van der Waals surface area (Å²) >= 11 is 0. The van der Waals surface area contributed by atoms with Crippen LogP contribution in [0.4, 0.5) is 4.79 Å². The second-order valence-corrected chi connectivity index (χ2v) is 6.27. The van der Waals surface area contributed by atoms with Gasteiger partial charge in [0.2, 0.25) is 0 Å². The monoisotopic (exact) mass is 303 g/mol. The van der Waals surface area contributed by atoms with Crippen LogP contribution in [0.15, 0.2) is 18.3 Å². The molecule has 1 saturated heterocycles. The quantitative estimate of drug-likeness (QED) is 0.839. The standard InChI is InChI=1S/C16H21N3O3/c1-16(2,3)22-15(20)19-8-5-13(6-9-19)21-14-4-7-18-12(10-14)11-17/h4,7,10,13H,5-6,8-9H2,1-3H3. The predicted octanol–water partition coefficient (Wildman–Crippen LogP) is 2.73. The van der Waals surface area contributed by atoms with Gasteiger partial charge in [0.1, 0.15) is 29.2 Å². The number of nitrogens with zero attached hydrogens (tertiary/aromatic N) is 3. The Morgan fingerprint density at radius 2 is 2.09 bits per heavy atom. The molecule has 0 saturated carbocycles. The molecule has 0 aliphatic carbocycles. The highest BCUT2D eigenvalue weighted by Crippen LogP contribution is 2.20. The van der Waals surface area contributed by atoms with Gasteiger partial charge in [-0.3, -0.25) is 0 Å². The van der Waals surface area contributed by atoms with Crippen molar-refractivity contribution in [1.29, 1.82) is 5.26 Å². The van der Waals surface area contributed by atoms with Crippen molar-refractivity contribution in [2.75, 3.05) is 13.1 Å². The van der Waals surface area contributed by atoms with Gasteiger partial charge in [-0.1, -0.05) is 0 Å². The Bertz CT molecular complexity index is 567. The van der Waals surface area contributed by atoms with Gasteiger partial charge in [0.05, 0.1) is 0 Å². The number of carbonyl (C=O) groups excluding carboxylic acids is 1. The van der Waals surface area contributed by atoms with E-state index in [4.69, 9.17) is 14.7 Å². The molecule has 1 aliphatic rings. The maximum absolute atomic E-state index is 12.0. The number of likely N-dealkylation sites (tertiary alicyclic amines) is 1. The lowest BCUT2D eigenvalue weighted by atomic mass is 10.1. The van der Waals surface area contributed by atoms with E-state index in [0.717, 1.165) is 12.8 Å². The van der Waals surface area contributed by atoms with Crippen LogP contribution in [0.3, 0.4) is 0 Å². The molecule has 0 atom stereocenters. The molecule has 1 aromatic heterocycles. The van der Waals surface area contributed by atoms with E-state index in [2.05, 4.69) is 4.98 Å². The smallest absolute Gasteiger partial charge is 0.410 e. The molecule has 6 heteroatoms. The number of hydrogen-bond acceptors (Lipinski definition) is 5. The summed E-state index contributed by atoms with van der Waals surface area (Å²) in [5.41, 5.74) is -0.140. The summed E-state index contributed by atoms with van der Waals surface area (Å²) < 4.78 is 11.2. The third-order valence-corrected chi connectivity index (χ3v) is 3.24. The van der Waals surface area contributed by atoms with Crippen molar-refractivity contribution < 1.29 is 14.3 Å². The molecule has 1 aliphatic heterocycles. The minimum Gasteiger partial charge on any atom is -0.490 e. The lowest BCUT2D eigenvalue weighted by molar-refractivity contribution is 0.0126. The zero-order chi connectivity index (χ0) is 16.2. The summed E-state index contributed by atoms with van der Waals surface area (Å²) in [7, 11) is 0. The van der Waals surface area contributed by atoms with Gasteiger partial charge in [0.15, 0.2) is 0 Å². The summed E-state index contributed by atoms with van der Waals surface area (Å²) in [6.45, 7) is 6.79. The van der Waals surface area contributed by atoms with Crippen molar-refractivity contribution in [3.05, 3.63) is 24.0 Å². The normalized spacial score (nSPS) is 16.0. The Labute approximate surface area is 130 Å². The van der Waals surface area contributed by atoms with Crippen molar-refractivity contribution in [3.63, 3.8) is 0 Å². The van der Waals surface area contributed by atoms with Crippen LogP contribution in [-0.4, -0.2) is 40.8 Å². The third-order valence-electron chi connectivity index (χ3n) is 3.24. The van der Waals surface area contributed by atoms with Crippen LogP contribution in [0.2, 0.25) is 0 Å². The summed E-state index contributed by atoms with van der Waals surface area (Å²) in [6.07, 6.45) is 2.80. The number of aromatic nitrogens is 1. The number of carbonyl (C=O) groups is 1. The average molecular weight is 303 g/mol. The zero-order valence-electron chi connectivity index (χ0n) is 13.2. The largest absolute Gasteiger partial charge is 0.490 e. The number of nitriles is 1. The van der Waals surface area contributed by atoms with Crippen LogP contribution in [0.1, 0.15) is 39.3 Å². The molecule has 118 valence electrons. The van der Waals surface area contributed by atoms with Crippen LogP contribution in [0, 0.1) is 11.3 Å². The highest BCUT2D eigenvalue weighted by Gasteiger charge is 2.27. The van der Waals surface area contributed by atoms with Crippen molar-refractivity contribution in [2.45, 2.75) is 45.3 Å². The Morgan fingerprint density at radius 3 is 2.68 bits per heavy atom. The Kier molecular flexibility index (Phi) is 4.86. The second-order valence-electron chi connectivity index (χ2n) is 6.27. The minimum absolute atomic E-state index is 0.0348. The van der Waals surface area contributed by atoms with Crippen LogP contribution in [0.5, 0.6) is 5.75 Å². The van der Waals surface area contributed by atoms with Gasteiger partial charge in [-0.05, 0) is 26.8 Å². The lowest BCUT2D eigenvalue weighted by Gasteiger charge is -2.33. The van der Waals surface area contributed by atoms with Crippen LogP contribution < -0.4 is 4.74 Å². The molecule has 0 spiro atoms. The van der Waals surface area contributed by atoms with Crippen LogP contribution in [-0.2, 0) is 4.74 Å². The van der Waals surface area contributed by atoms with E-state index in [1.54, 1.807) is 23.2 Å². The second kappa shape index (κ2) is 6.65. The van der Waals surface area contributed by atoms with Gasteiger partial charge in [-0.2, -0.15) is 5.26 Å². The first-order chi connectivity index (χ1) is 10.4. The van der Waals surface area contributed by atoms with Crippen molar-refractivity contribution in [3.8, 4) is 11.8 Å². The van der Waals surface area contributed by atoms with Gasteiger partial charge in [-0.15, -0.1) is 0 Å². The van der Waals surface area contributed by atoms with E-state index in [0.29, 0.717) is 24.5 Å². The van der Waals surface area contributed by atoms with Gasteiger partial charge >= 0.3 is 6.09 Å². The van der Waals surface area contributed by atoms with E-state index < -0.39 is 5.60 Å². The molecular formula is C16H21N3O3. The number of pyridine rings is 1. The SMILES string of the molecule is CC(C)(C)OC(=O)N1CCC(Oc2ccnc(C#N)c2)CC1. The molecule has 1 fully saturated rings. The number of amides is 1. The number of hydrogen-bond donors (Lipinski definition) is 0. The summed E-state index contributed by atoms with van der Waals surface area (Å²) in [5, 5.41) is 8.83. The average Bonchev–Trinajstić information content (AvgIpc) is 2.46. The summed E-state index contributed by atoms with van der Waals surface area (Å²) in [5.74, 6) is 0.641. The van der Waals surface area contributed by atoms with Crippen molar-refractivity contribution >= 4 is 6.09 Å². The van der Waals surface area contributed by atoms with Crippen molar-refractivity contribution in [2.24, 2.45) is 0 Å². The molecule has 0 radical (unpaired) electrons. The molecular weight excluding hydrogens is 282 g/mol. The molecule has 0 aromatic carbocycles. The molecule has 2 rings (SSSR count). The molecule has 1 aromatic rings. The third kappa shape index (κ3) is 4.62. The van der Waals surface area contributed by atoms with E-state index in [1.807, 2.05) is 26.8 Å². The number of rotatable bonds is 2. The van der Waals surface area contributed by atoms with Gasteiger partial charge in [0.25, 0.3) is 0 Å². The first-order valence-electron chi connectivity index (χ1n) is 7.38. The lowest BCUT2D eigenvalue weighted by Crippen LogP contribution is -2.44. The first-order valence-corrected chi connectivity index (χ1v) is 7.38. The molecule has 6 nitrogen and oxygen atoms in total. The summed E-state index contributed by atoms with van der Waals surface area (Å²) in [4.78, 5) is 17.6. The number of piperidine rings is 1. The highest BCUT2D eigenvalue weighted by atomic mass is 16.6. The zero-order valence-corrected chi connectivity index (χ0v) is 13.2. The van der Waals surface area contributed by atoms with E-state index in [1.165, 1.54) is 0 Å². The fourth-order valence-electron chi connectivity index (χ4n) is 2.22. The minimum atomic E-state index is -0.477. The topological polar surface area (TPSA) is 75.4 Å². The van der Waals surface area contributed by atoms with E-state index in [9.17, 15) is 4.79 Å². The fraction of sp³-hybridized carbons (Fsp3) is 0.562.